The molecule has 1 aromatic carbocycles. The van der Waals surface area contributed by atoms with Crippen LogP contribution in [0.5, 0.6) is 0 Å². The molecule has 3 nitrogen and oxygen atoms in total. The number of thioether (sulfide) groups is 1. The van der Waals surface area contributed by atoms with Crippen molar-refractivity contribution in [1.82, 2.24) is 0 Å². The number of aryl methyl sites for hydroxylation is 2. The molecule has 0 atom stereocenters. The molecule has 74 valence electrons. The molecule has 0 amide bonds. The van der Waals surface area contributed by atoms with Gasteiger partial charge < -0.3 is 0 Å². The van der Waals surface area contributed by atoms with Gasteiger partial charge in [-0.3, -0.25) is 0 Å². The largest absolute Gasteiger partial charge is 0.126 e. The summed E-state index contributed by atoms with van der Waals surface area (Å²) in [5, 5.41) is 3.50. The summed E-state index contributed by atoms with van der Waals surface area (Å²) in [6.07, 6.45) is 0. The van der Waals surface area contributed by atoms with Crippen LogP contribution in [0.1, 0.15) is 11.1 Å². The second-order valence-corrected chi connectivity index (χ2v) is 4.21. The minimum absolute atomic E-state index is 0.550. The van der Waals surface area contributed by atoms with Crippen LogP contribution in [0.3, 0.4) is 0 Å². The monoisotopic (exact) mass is 207 g/mol. The third-order valence-corrected chi connectivity index (χ3v) is 2.99. The van der Waals surface area contributed by atoms with E-state index in [0.29, 0.717) is 6.54 Å². The number of azide groups is 1. The van der Waals surface area contributed by atoms with Gasteiger partial charge in [0, 0.05) is 22.1 Å². The quantitative estimate of drug-likeness (QED) is 0.244. The van der Waals surface area contributed by atoms with Crippen molar-refractivity contribution in [3.8, 4) is 0 Å². The van der Waals surface area contributed by atoms with Gasteiger partial charge in [-0.05, 0) is 31.0 Å². The van der Waals surface area contributed by atoms with E-state index < -0.39 is 0 Å². The average Bonchev–Trinajstić information content (AvgIpc) is 2.18. The Morgan fingerprint density at radius 3 is 2.93 bits per heavy atom. The summed E-state index contributed by atoms with van der Waals surface area (Å²) in [6, 6.07) is 6.38. The highest BCUT2D eigenvalue weighted by atomic mass is 32.2. The van der Waals surface area contributed by atoms with Crippen LogP contribution in [-0.4, -0.2) is 12.3 Å². The molecule has 0 unspecified atom stereocenters. The molecule has 0 saturated carbocycles. The maximum absolute atomic E-state index is 8.11. The molecule has 0 N–H and O–H groups in total. The highest BCUT2D eigenvalue weighted by Crippen LogP contribution is 2.23. The molecule has 4 heteroatoms. The SMILES string of the molecule is Cc1ccc(C)c(SCCN=[N+]=[N-])c1. The first-order valence-electron chi connectivity index (χ1n) is 4.45. The molecule has 0 fully saturated rings. The predicted octanol–water partition coefficient (Wildman–Crippen LogP) is 3.71. The molecular formula is C10H13N3S. The fourth-order valence-corrected chi connectivity index (χ4v) is 2.06. The lowest BCUT2D eigenvalue weighted by atomic mass is 10.2. The van der Waals surface area contributed by atoms with Gasteiger partial charge in [0.1, 0.15) is 0 Å². The van der Waals surface area contributed by atoms with Crippen molar-refractivity contribution in [2.24, 2.45) is 5.11 Å². The minimum atomic E-state index is 0.550. The molecule has 0 aliphatic carbocycles. The van der Waals surface area contributed by atoms with E-state index in [1.54, 1.807) is 11.8 Å². The second-order valence-electron chi connectivity index (χ2n) is 3.07. The van der Waals surface area contributed by atoms with Crippen molar-refractivity contribution in [1.29, 1.82) is 0 Å². The van der Waals surface area contributed by atoms with Crippen molar-refractivity contribution >= 4 is 11.8 Å². The molecule has 0 saturated heterocycles. The first kappa shape index (κ1) is 11.0. The number of nitrogens with zero attached hydrogens (tertiary/aromatic N) is 3. The smallest absolute Gasteiger partial charge is 0.0352 e. The Morgan fingerprint density at radius 1 is 1.43 bits per heavy atom. The van der Waals surface area contributed by atoms with E-state index in [4.69, 9.17) is 5.53 Å². The van der Waals surface area contributed by atoms with Gasteiger partial charge >= 0.3 is 0 Å². The van der Waals surface area contributed by atoms with Gasteiger partial charge in [-0.25, -0.2) is 0 Å². The Bertz CT molecular complexity index is 356. The predicted molar refractivity (Wildman–Crippen MR) is 60.7 cm³/mol. The Morgan fingerprint density at radius 2 is 2.21 bits per heavy atom. The van der Waals surface area contributed by atoms with Crippen molar-refractivity contribution < 1.29 is 0 Å². The summed E-state index contributed by atoms with van der Waals surface area (Å²) in [5.74, 6) is 0.842. The first-order valence-corrected chi connectivity index (χ1v) is 5.43. The summed E-state index contributed by atoms with van der Waals surface area (Å²) >= 11 is 1.74. The second kappa shape index (κ2) is 5.58. The van der Waals surface area contributed by atoms with Crippen molar-refractivity contribution in [2.75, 3.05) is 12.3 Å². The lowest BCUT2D eigenvalue weighted by Crippen LogP contribution is -1.86. The zero-order valence-electron chi connectivity index (χ0n) is 8.40. The van der Waals surface area contributed by atoms with Gasteiger partial charge in [-0.1, -0.05) is 22.8 Å². The van der Waals surface area contributed by atoms with E-state index in [-0.39, 0.29) is 0 Å². The fourth-order valence-electron chi connectivity index (χ4n) is 1.10. The van der Waals surface area contributed by atoms with Crippen molar-refractivity contribution in [3.63, 3.8) is 0 Å². The van der Waals surface area contributed by atoms with Gasteiger partial charge in [-0.15, -0.1) is 11.8 Å². The van der Waals surface area contributed by atoms with Crippen LogP contribution in [0, 0.1) is 13.8 Å². The van der Waals surface area contributed by atoms with Crippen LogP contribution in [0.4, 0.5) is 0 Å². The third-order valence-electron chi connectivity index (χ3n) is 1.86. The molecule has 1 rings (SSSR count). The van der Waals surface area contributed by atoms with Crippen LogP contribution in [-0.2, 0) is 0 Å². The maximum atomic E-state index is 8.11. The van der Waals surface area contributed by atoms with Gasteiger partial charge in [0.05, 0.1) is 0 Å². The van der Waals surface area contributed by atoms with E-state index in [1.165, 1.54) is 16.0 Å². The van der Waals surface area contributed by atoms with Crippen LogP contribution >= 0.6 is 11.8 Å². The molecule has 0 aliphatic heterocycles. The molecule has 0 aliphatic rings. The molecule has 14 heavy (non-hydrogen) atoms. The lowest BCUT2D eigenvalue weighted by molar-refractivity contribution is 1.12. The summed E-state index contributed by atoms with van der Waals surface area (Å²) in [5.41, 5.74) is 10.7. The van der Waals surface area contributed by atoms with Crippen LogP contribution < -0.4 is 0 Å². The fraction of sp³-hybridized carbons (Fsp3) is 0.400. The Hall–Kier alpha value is -1.12. The highest BCUT2D eigenvalue weighted by Gasteiger charge is 1.98. The van der Waals surface area contributed by atoms with Crippen LogP contribution in [0.15, 0.2) is 28.2 Å². The topological polar surface area (TPSA) is 48.8 Å². The summed E-state index contributed by atoms with van der Waals surface area (Å²) in [7, 11) is 0. The molecule has 0 aromatic heterocycles. The number of rotatable bonds is 4. The average molecular weight is 207 g/mol. The van der Waals surface area contributed by atoms with Crippen molar-refractivity contribution in [3.05, 3.63) is 39.8 Å². The molecule has 0 bridgehead atoms. The number of hydrogen-bond donors (Lipinski definition) is 0. The summed E-state index contributed by atoms with van der Waals surface area (Å²) in [4.78, 5) is 3.99. The Labute approximate surface area is 88.1 Å². The number of benzene rings is 1. The van der Waals surface area contributed by atoms with Crippen LogP contribution in [0.2, 0.25) is 0 Å². The van der Waals surface area contributed by atoms with E-state index in [9.17, 15) is 0 Å². The standard InChI is InChI=1S/C10H13N3S/c1-8-3-4-9(2)10(7-8)14-6-5-12-13-11/h3-4,7H,5-6H2,1-2H3. The molecular weight excluding hydrogens is 194 g/mol. The van der Waals surface area contributed by atoms with E-state index >= 15 is 0 Å². The van der Waals surface area contributed by atoms with Gasteiger partial charge in [-0.2, -0.15) is 0 Å². The zero-order chi connectivity index (χ0) is 10.4. The number of hydrogen-bond acceptors (Lipinski definition) is 2. The molecule has 0 heterocycles. The summed E-state index contributed by atoms with van der Waals surface area (Å²) < 4.78 is 0. The lowest BCUT2D eigenvalue weighted by Gasteiger charge is -2.04. The van der Waals surface area contributed by atoms with Crippen LogP contribution in [0.25, 0.3) is 10.4 Å². The first-order chi connectivity index (χ1) is 6.74. The van der Waals surface area contributed by atoms with E-state index in [0.717, 1.165) is 5.75 Å². The van der Waals surface area contributed by atoms with Gasteiger partial charge in [0.25, 0.3) is 0 Å². The van der Waals surface area contributed by atoms with Crippen molar-refractivity contribution in [2.45, 2.75) is 18.7 Å². The van der Waals surface area contributed by atoms with E-state index in [1.807, 2.05) is 0 Å². The van der Waals surface area contributed by atoms with Gasteiger partial charge in [0.15, 0.2) is 0 Å². The molecule has 0 spiro atoms. The minimum Gasteiger partial charge on any atom is -0.126 e. The maximum Gasteiger partial charge on any atom is 0.0352 e. The third kappa shape index (κ3) is 3.32. The highest BCUT2D eigenvalue weighted by molar-refractivity contribution is 7.99. The normalized spacial score (nSPS) is 9.57. The Balaban J connectivity index is 2.57. The molecule has 1 aromatic rings. The molecule has 0 radical (unpaired) electrons. The van der Waals surface area contributed by atoms with E-state index in [2.05, 4.69) is 42.1 Å². The zero-order valence-corrected chi connectivity index (χ0v) is 9.21. The van der Waals surface area contributed by atoms with Gasteiger partial charge in [0.2, 0.25) is 0 Å². The summed E-state index contributed by atoms with van der Waals surface area (Å²) in [6.45, 7) is 4.72. The Kier molecular flexibility index (Phi) is 4.36.